The lowest BCUT2D eigenvalue weighted by atomic mass is 10.1. The van der Waals surface area contributed by atoms with Gasteiger partial charge in [-0.2, -0.15) is 0 Å². The van der Waals surface area contributed by atoms with E-state index in [0.29, 0.717) is 25.1 Å². The molecule has 0 saturated carbocycles. The van der Waals surface area contributed by atoms with E-state index in [1.807, 2.05) is 24.3 Å². The van der Waals surface area contributed by atoms with Crippen molar-refractivity contribution in [1.29, 1.82) is 0 Å². The number of ether oxygens (including phenoxy) is 2. The van der Waals surface area contributed by atoms with E-state index in [4.69, 9.17) is 9.47 Å². The van der Waals surface area contributed by atoms with Crippen LogP contribution in [0.15, 0.2) is 48.5 Å². The molecule has 0 radical (unpaired) electrons. The molecule has 1 saturated heterocycles. The molecular weight excluding hydrogens is 373 g/mol. The number of nitrogens with zero attached hydrogens (tertiary/aromatic N) is 1. The van der Waals surface area contributed by atoms with E-state index in [1.54, 1.807) is 12.1 Å². The summed E-state index contributed by atoms with van der Waals surface area (Å²) in [5.41, 5.74) is 0.977. The van der Waals surface area contributed by atoms with Crippen molar-refractivity contribution in [2.45, 2.75) is 37.9 Å². The van der Waals surface area contributed by atoms with E-state index in [-0.39, 0.29) is 18.5 Å². The van der Waals surface area contributed by atoms with Gasteiger partial charge in [0.1, 0.15) is 42.4 Å². The second kappa shape index (κ2) is 10.9. The molecule has 0 amide bonds. The van der Waals surface area contributed by atoms with Crippen LogP contribution in [0.3, 0.4) is 0 Å². The van der Waals surface area contributed by atoms with Crippen molar-refractivity contribution < 1.29 is 23.8 Å². The standard InChI is InChI=1S/C23H28FNO4/c24-19-7-9-21(10-8-19)29-22-11-13-25(14-12-22)16-20(27)17-28-23-6-2-1-4-18(23)5-3-15-26/h1-2,4,6-10,15,20,22,27H,3,5,11-14,16-17H2. The zero-order valence-electron chi connectivity index (χ0n) is 16.5. The van der Waals surface area contributed by atoms with Crippen molar-refractivity contribution in [3.63, 3.8) is 0 Å². The number of piperidine rings is 1. The molecule has 2 aromatic rings. The molecule has 1 N–H and O–H groups in total. The molecule has 1 aliphatic heterocycles. The number of halogens is 1. The summed E-state index contributed by atoms with van der Waals surface area (Å²) < 4.78 is 24.7. The Morgan fingerprint density at radius 3 is 2.59 bits per heavy atom. The Labute approximate surface area is 171 Å². The molecule has 6 heteroatoms. The minimum Gasteiger partial charge on any atom is -0.491 e. The first-order valence-electron chi connectivity index (χ1n) is 10.1. The summed E-state index contributed by atoms with van der Waals surface area (Å²) in [5, 5.41) is 10.4. The van der Waals surface area contributed by atoms with Gasteiger partial charge in [0.05, 0.1) is 0 Å². The number of carbonyl (C=O) groups excluding carboxylic acids is 1. The molecule has 0 bridgehead atoms. The highest BCUT2D eigenvalue weighted by Crippen LogP contribution is 2.21. The van der Waals surface area contributed by atoms with E-state index in [2.05, 4.69) is 4.90 Å². The fourth-order valence-corrected chi connectivity index (χ4v) is 3.52. The highest BCUT2D eigenvalue weighted by Gasteiger charge is 2.22. The maximum atomic E-state index is 13.0. The first-order valence-corrected chi connectivity index (χ1v) is 10.1. The number of hydrogen-bond acceptors (Lipinski definition) is 5. The Morgan fingerprint density at radius 2 is 1.86 bits per heavy atom. The topological polar surface area (TPSA) is 59.0 Å². The quantitative estimate of drug-likeness (QED) is 0.620. The van der Waals surface area contributed by atoms with E-state index >= 15 is 0 Å². The number of likely N-dealkylation sites (tertiary alicyclic amines) is 1. The molecule has 156 valence electrons. The van der Waals surface area contributed by atoms with Crippen molar-refractivity contribution in [2.75, 3.05) is 26.2 Å². The van der Waals surface area contributed by atoms with Gasteiger partial charge in [0, 0.05) is 26.1 Å². The van der Waals surface area contributed by atoms with Crippen LogP contribution in [-0.4, -0.2) is 54.7 Å². The Balaban J connectivity index is 1.39. The van der Waals surface area contributed by atoms with Gasteiger partial charge in [-0.05, 0) is 55.2 Å². The van der Waals surface area contributed by atoms with Crippen molar-refractivity contribution in [2.24, 2.45) is 0 Å². The summed E-state index contributed by atoms with van der Waals surface area (Å²) in [6.07, 6.45) is 3.22. The van der Waals surface area contributed by atoms with E-state index in [9.17, 15) is 14.3 Å². The fourth-order valence-electron chi connectivity index (χ4n) is 3.52. The van der Waals surface area contributed by atoms with Crippen LogP contribution in [0.25, 0.3) is 0 Å². The average molecular weight is 401 g/mol. The number of rotatable bonds is 10. The molecule has 0 spiro atoms. The van der Waals surface area contributed by atoms with Gasteiger partial charge >= 0.3 is 0 Å². The summed E-state index contributed by atoms with van der Waals surface area (Å²) in [6.45, 7) is 2.42. The minimum absolute atomic E-state index is 0.106. The van der Waals surface area contributed by atoms with Crippen LogP contribution in [0.5, 0.6) is 11.5 Å². The van der Waals surface area contributed by atoms with E-state index in [0.717, 1.165) is 43.5 Å². The molecule has 1 atom stereocenters. The average Bonchev–Trinajstić information content (AvgIpc) is 2.74. The van der Waals surface area contributed by atoms with Crippen LogP contribution in [0, 0.1) is 5.82 Å². The predicted molar refractivity (Wildman–Crippen MR) is 109 cm³/mol. The van der Waals surface area contributed by atoms with Gasteiger partial charge in [-0.1, -0.05) is 18.2 Å². The van der Waals surface area contributed by atoms with E-state index < -0.39 is 6.10 Å². The third kappa shape index (κ3) is 6.84. The fraction of sp³-hybridized carbons (Fsp3) is 0.435. The van der Waals surface area contributed by atoms with Gasteiger partial charge in [0.25, 0.3) is 0 Å². The maximum Gasteiger partial charge on any atom is 0.123 e. The summed E-state index contributed by atoms with van der Waals surface area (Å²) in [5.74, 6) is 1.14. The summed E-state index contributed by atoms with van der Waals surface area (Å²) in [7, 11) is 0. The molecule has 5 nitrogen and oxygen atoms in total. The normalized spacial score (nSPS) is 16.3. The number of carbonyl (C=O) groups is 1. The summed E-state index contributed by atoms with van der Waals surface area (Å²) in [4.78, 5) is 12.8. The van der Waals surface area contributed by atoms with Crippen molar-refractivity contribution in [1.82, 2.24) is 4.90 Å². The zero-order valence-corrected chi connectivity index (χ0v) is 16.5. The molecule has 2 aromatic carbocycles. The Morgan fingerprint density at radius 1 is 1.14 bits per heavy atom. The Bertz CT molecular complexity index is 760. The van der Waals surface area contributed by atoms with Crippen LogP contribution in [-0.2, 0) is 11.2 Å². The van der Waals surface area contributed by atoms with Gasteiger partial charge in [-0.15, -0.1) is 0 Å². The van der Waals surface area contributed by atoms with Gasteiger partial charge < -0.3 is 24.3 Å². The molecule has 1 heterocycles. The maximum absolute atomic E-state index is 13.0. The first-order chi connectivity index (χ1) is 14.1. The molecule has 3 rings (SSSR count). The van der Waals surface area contributed by atoms with Crippen molar-refractivity contribution in [3.05, 3.63) is 59.9 Å². The SMILES string of the molecule is O=CCCc1ccccc1OCC(O)CN1CCC(Oc2ccc(F)cc2)CC1. The monoisotopic (exact) mass is 401 g/mol. The third-order valence-electron chi connectivity index (χ3n) is 5.06. The van der Waals surface area contributed by atoms with Gasteiger partial charge in [-0.25, -0.2) is 4.39 Å². The number of aliphatic hydroxyl groups excluding tert-OH is 1. The molecule has 0 aliphatic carbocycles. The number of aryl methyl sites for hydroxylation is 1. The van der Waals surface area contributed by atoms with Crippen molar-refractivity contribution in [3.8, 4) is 11.5 Å². The van der Waals surface area contributed by atoms with Crippen molar-refractivity contribution >= 4 is 6.29 Å². The number of hydrogen-bond donors (Lipinski definition) is 1. The summed E-state index contributed by atoms with van der Waals surface area (Å²) >= 11 is 0. The molecule has 29 heavy (non-hydrogen) atoms. The van der Waals surface area contributed by atoms with Crippen LogP contribution in [0.4, 0.5) is 4.39 Å². The lowest BCUT2D eigenvalue weighted by Crippen LogP contribution is -2.43. The first kappa shape index (κ1) is 21.3. The molecular formula is C23H28FNO4. The molecule has 0 aromatic heterocycles. The van der Waals surface area contributed by atoms with Gasteiger partial charge in [-0.3, -0.25) is 0 Å². The highest BCUT2D eigenvalue weighted by atomic mass is 19.1. The van der Waals surface area contributed by atoms with E-state index in [1.165, 1.54) is 12.1 Å². The smallest absolute Gasteiger partial charge is 0.123 e. The number of aliphatic hydroxyl groups is 1. The van der Waals surface area contributed by atoms with Gasteiger partial charge in [0.2, 0.25) is 0 Å². The molecule has 1 aliphatic rings. The highest BCUT2D eigenvalue weighted by molar-refractivity contribution is 5.50. The number of β-amino-alcohol motifs (C(OH)–C–C–N with tert-alkyl or cyclic N) is 1. The molecule has 1 unspecified atom stereocenters. The van der Waals surface area contributed by atoms with Crippen LogP contribution < -0.4 is 9.47 Å². The second-order valence-electron chi connectivity index (χ2n) is 7.35. The van der Waals surface area contributed by atoms with Crippen LogP contribution in [0.1, 0.15) is 24.8 Å². The van der Waals surface area contributed by atoms with Crippen LogP contribution >= 0.6 is 0 Å². The van der Waals surface area contributed by atoms with Crippen LogP contribution in [0.2, 0.25) is 0 Å². The number of aldehydes is 1. The summed E-state index contributed by atoms with van der Waals surface area (Å²) in [6, 6.07) is 13.7. The number of benzene rings is 2. The largest absolute Gasteiger partial charge is 0.491 e. The Kier molecular flexibility index (Phi) is 8.02. The lowest BCUT2D eigenvalue weighted by molar-refractivity contribution is -0.107. The predicted octanol–water partition coefficient (Wildman–Crippen LogP) is 3.24. The van der Waals surface area contributed by atoms with Gasteiger partial charge in [0.15, 0.2) is 0 Å². The third-order valence-corrected chi connectivity index (χ3v) is 5.06. The lowest BCUT2D eigenvalue weighted by Gasteiger charge is -2.33. The minimum atomic E-state index is -0.594. The second-order valence-corrected chi connectivity index (χ2v) is 7.35. The Hall–Kier alpha value is -2.44. The molecule has 1 fully saturated rings. The number of para-hydroxylation sites is 1. The zero-order chi connectivity index (χ0) is 20.5.